The first-order valence-electron chi connectivity index (χ1n) is 9.13. The van der Waals surface area contributed by atoms with Crippen molar-refractivity contribution in [3.8, 4) is 11.4 Å². The van der Waals surface area contributed by atoms with Gasteiger partial charge in [0.05, 0.1) is 18.4 Å². The number of carbonyl (C=O) groups is 2. The van der Waals surface area contributed by atoms with E-state index in [1.54, 1.807) is 62.4 Å². The number of nitrogens with zero attached hydrogens (tertiary/aromatic N) is 2. The van der Waals surface area contributed by atoms with Crippen LogP contribution in [0.1, 0.15) is 21.6 Å². The van der Waals surface area contributed by atoms with Crippen molar-refractivity contribution >= 4 is 29.2 Å². The summed E-state index contributed by atoms with van der Waals surface area (Å²) in [7, 11) is 1.26. The number of aromatic nitrogens is 2. The molecule has 0 radical (unpaired) electrons. The molecule has 0 aliphatic carbocycles. The van der Waals surface area contributed by atoms with Gasteiger partial charge in [0.1, 0.15) is 12.4 Å². The molecule has 8 heteroatoms. The number of methoxy groups -OCH3 is 1. The van der Waals surface area contributed by atoms with E-state index in [9.17, 15) is 14.4 Å². The van der Waals surface area contributed by atoms with Crippen LogP contribution in [0.2, 0.25) is 5.02 Å². The fourth-order valence-electron chi connectivity index (χ4n) is 2.96. The van der Waals surface area contributed by atoms with E-state index in [-0.39, 0.29) is 17.7 Å². The second kappa shape index (κ2) is 8.92. The van der Waals surface area contributed by atoms with Gasteiger partial charge in [-0.15, -0.1) is 0 Å². The predicted molar refractivity (Wildman–Crippen MR) is 115 cm³/mol. The molecule has 30 heavy (non-hydrogen) atoms. The lowest BCUT2D eigenvalue weighted by Gasteiger charge is -2.15. The molecule has 154 valence electrons. The summed E-state index contributed by atoms with van der Waals surface area (Å²) >= 11 is 6.09. The number of benzene rings is 2. The third-order valence-corrected chi connectivity index (χ3v) is 4.86. The third kappa shape index (κ3) is 4.41. The van der Waals surface area contributed by atoms with E-state index in [4.69, 9.17) is 16.3 Å². The second-order valence-electron chi connectivity index (χ2n) is 6.63. The van der Waals surface area contributed by atoms with E-state index in [2.05, 4.69) is 10.3 Å². The fraction of sp³-hybridized carbons (Fsp3) is 0.182. The average molecular weight is 426 g/mol. The van der Waals surface area contributed by atoms with Crippen molar-refractivity contribution in [1.29, 1.82) is 0 Å². The molecule has 0 spiro atoms. The maximum atomic E-state index is 12.9. The molecular weight excluding hydrogens is 406 g/mol. The van der Waals surface area contributed by atoms with Gasteiger partial charge in [0.2, 0.25) is 5.91 Å². The van der Waals surface area contributed by atoms with Crippen molar-refractivity contribution in [2.75, 3.05) is 12.4 Å². The van der Waals surface area contributed by atoms with Gasteiger partial charge in [-0.2, -0.15) is 0 Å². The van der Waals surface area contributed by atoms with E-state index in [0.717, 1.165) is 0 Å². The topological polar surface area (TPSA) is 90.3 Å². The predicted octanol–water partition coefficient (Wildman–Crippen LogP) is 3.61. The molecule has 0 atom stereocenters. The van der Waals surface area contributed by atoms with E-state index in [0.29, 0.717) is 33.4 Å². The van der Waals surface area contributed by atoms with Crippen LogP contribution in [-0.2, 0) is 16.1 Å². The molecule has 0 saturated carbocycles. The molecule has 0 aliphatic heterocycles. The monoisotopic (exact) mass is 425 g/mol. The Balaban J connectivity index is 1.99. The summed E-state index contributed by atoms with van der Waals surface area (Å²) in [6, 6.07) is 13.4. The first-order valence-corrected chi connectivity index (χ1v) is 9.50. The zero-order valence-electron chi connectivity index (χ0n) is 16.7. The van der Waals surface area contributed by atoms with Crippen LogP contribution in [0.5, 0.6) is 0 Å². The van der Waals surface area contributed by atoms with Crippen LogP contribution in [0, 0.1) is 13.8 Å². The average Bonchev–Trinajstić information content (AvgIpc) is 2.73. The molecule has 3 aromatic rings. The third-order valence-electron chi connectivity index (χ3n) is 4.63. The second-order valence-corrected chi connectivity index (χ2v) is 7.07. The Hall–Kier alpha value is -3.45. The van der Waals surface area contributed by atoms with Gasteiger partial charge in [-0.1, -0.05) is 35.9 Å². The number of anilines is 1. The van der Waals surface area contributed by atoms with Gasteiger partial charge in [-0.25, -0.2) is 9.78 Å². The highest BCUT2D eigenvalue weighted by Gasteiger charge is 2.18. The minimum atomic E-state index is -0.574. The Labute approximate surface area is 178 Å². The smallest absolute Gasteiger partial charge is 0.339 e. The molecule has 0 fully saturated rings. The molecule has 0 unspecified atom stereocenters. The van der Waals surface area contributed by atoms with Crippen LogP contribution in [0.25, 0.3) is 11.4 Å². The Bertz CT molecular complexity index is 1190. The van der Waals surface area contributed by atoms with E-state index in [1.165, 1.54) is 11.7 Å². The van der Waals surface area contributed by atoms with Crippen LogP contribution >= 0.6 is 11.6 Å². The molecule has 1 aromatic heterocycles. The number of esters is 1. The summed E-state index contributed by atoms with van der Waals surface area (Å²) in [5.74, 6) is -0.723. The summed E-state index contributed by atoms with van der Waals surface area (Å²) in [5, 5.41) is 3.16. The number of ether oxygens (including phenoxy) is 1. The van der Waals surface area contributed by atoms with Crippen molar-refractivity contribution in [2.24, 2.45) is 0 Å². The van der Waals surface area contributed by atoms with E-state index in [1.807, 2.05) is 0 Å². The lowest BCUT2D eigenvalue weighted by molar-refractivity contribution is -0.116. The van der Waals surface area contributed by atoms with Gasteiger partial charge in [0.15, 0.2) is 0 Å². The maximum Gasteiger partial charge on any atom is 0.339 e. The Morgan fingerprint density at radius 1 is 1.13 bits per heavy atom. The van der Waals surface area contributed by atoms with Crippen LogP contribution in [0.3, 0.4) is 0 Å². The first-order chi connectivity index (χ1) is 14.3. The Kier molecular flexibility index (Phi) is 6.32. The van der Waals surface area contributed by atoms with Crippen molar-refractivity contribution in [1.82, 2.24) is 9.55 Å². The SMILES string of the molecule is COC(=O)c1ccccc1NC(=O)Cn1c(-c2cccc(Cl)c2)nc(C)c(C)c1=O. The van der Waals surface area contributed by atoms with Crippen molar-refractivity contribution in [2.45, 2.75) is 20.4 Å². The quantitative estimate of drug-likeness (QED) is 0.630. The van der Waals surface area contributed by atoms with Crippen LogP contribution < -0.4 is 10.9 Å². The van der Waals surface area contributed by atoms with Gasteiger partial charge in [0, 0.05) is 21.8 Å². The Morgan fingerprint density at radius 2 is 1.87 bits per heavy atom. The number of halogens is 1. The maximum absolute atomic E-state index is 12.9. The Morgan fingerprint density at radius 3 is 2.57 bits per heavy atom. The van der Waals surface area contributed by atoms with Crippen LogP contribution in [0.15, 0.2) is 53.3 Å². The highest BCUT2D eigenvalue weighted by atomic mass is 35.5. The summed E-state index contributed by atoms with van der Waals surface area (Å²) in [6.45, 7) is 3.11. The lowest BCUT2D eigenvalue weighted by Crippen LogP contribution is -2.32. The molecule has 1 N–H and O–H groups in total. The van der Waals surface area contributed by atoms with Gasteiger partial charge < -0.3 is 10.1 Å². The number of para-hydroxylation sites is 1. The number of aryl methyl sites for hydroxylation is 1. The molecule has 7 nitrogen and oxygen atoms in total. The zero-order valence-corrected chi connectivity index (χ0v) is 17.5. The summed E-state index contributed by atoms with van der Waals surface area (Å²) in [5.41, 5.74) is 1.82. The molecule has 3 rings (SSSR count). The number of nitrogens with one attached hydrogen (secondary N) is 1. The van der Waals surface area contributed by atoms with Crippen molar-refractivity contribution in [3.05, 3.63) is 80.7 Å². The molecule has 0 aliphatic rings. The molecular formula is C22H20ClN3O4. The zero-order chi connectivity index (χ0) is 21.8. The highest BCUT2D eigenvalue weighted by molar-refractivity contribution is 6.30. The normalized spacial score (nSPS) is 10.5. The molecule has 0 bridgehead atoms. The van der Waals surface area contributed by atoms with Crippen LogP contribution in [0.4, 0.5) is 5.69 Å². The van der Waals surface area contributed by atoms with Gasteiger partial charge in [0.25, 0.3) is 5.56 Å². The van der Waals surface area contributed by atoms with Crippen molar-refractivity contribution in [3.63, 3.8) is 0 Å². The number of carbonyl (C=O) groups excluding carboxylic acids is 2. The minimum Gasteiger partial charge on any atom is -0.465 e. The molecule has 0 saturated heterocycles. The number of hydrogen-bond acceptors (Lipinski definition) is 5. The number of hydrogen-bond donors (Lipinski definition) is 1. The van der Waals surface area contributed by atoms with E-state index < -0.39 is 11.9 Å². The van der Waals surface area contributed by atoms with Crippen LogP contribution in [-0.4, -0.2) is 28.5 Å². The first kappa shape index (κ1) is 21.3. The number of amides is 1. The van der Waals surface area contributed by atoms with E-state index >= 15 is 0 Å². The lowest BCUT2D eigenvalue weighted by atomic mass is 10.1. The standard InChI is InChI=1S/C22H20ClN3O4/c1-13-14(2)24-20(15-7-6-8-16(23)11-15)26(21(13)28)12-19(27)25-18-10-5-4-9-17(18)22(29)30-3/h4-11H,12H2,1-3H3,(H,25,27). The largest absolute Gasteiger partial charge is 0.465 e. The fourth-order valence-corrected chi connectivity index (χ4v) is 3.15. The molecule has 1 heterocycles. The van der Waals surface area contributed by atoms with Crippen molar-refractivity contribution < 1.29 is 14.3 Å². The van der Waals surface area contributed by atoms with Gasteiger partial charge >= 0.3 is 5.97 Å². The van der Waals surface area contributed by atoms with Gasteiger partial charge in [-0.05, 0) is 38.1 Å². The van der Waals surface area contributed by atoms with Gasteiger partial charge in [-0.3, -0.25) is 14.2 Å². The molecule has 1 amide bonds. The number of rotatable bonds is 5. The summed E-state index contributed by atoms with van der Waals surface area (Å²) in [4.78, 5) is 42.1. The minimum absolute atomic E-state index is 0.217. The summed E-state index contributed by atoms with van der Waals surface area (Å²) < 4.78 is 6.04. The summed E-state index contributed by atoms with van der Waals surface area (Å²) in [6.07, 6.45) is 0. The molecule has 2 aromatic carbocycles. The highest BCUT2D eigenvalue weighted by Crippen LogP contribution is 2.22.